The minimum Gasteiger partial charge on any atom is -0.383 e. The van der Waals surface area contributed by atoms with E-state index in [0.717, 1.165) is 22.2 Å². The highest BCUT2D eigenvalue weighted by molar-refractivity contribution is 6.06. The Kier molecular flexibility index (Phi) is 9.83. The predicted molar refractivity (Wildman–Crippen MR) is 259 cm³/mol. The normalized spacial score (nSPS) is 13.2. The molecule has 0 amide bonds. The van der Waals surface area contributed by atoms with Crippen molar-refractivity contribution in [2.24, 2.45) is 10.7 Å². The Labute approximate surface area is 359 Å². The number of hydrogen-bond donors (Lipinski definition) is 1. The van der Waals surface area contributed by atoms with Crippen molar-refractivity contribution in [1.82, 2.24) is 0 Å². The van der Waals surface area contributed by atoms with Gasteiger partial charge in [0, 0.05) is 16.5 Å². The van der Waals surface area contributed by atoms with Crippen LogP contribution in [0, 0.1) is 0 Å². The van der Waals surface area contributed by atoms with E-state index >= 15 is 0 Å². The molecule has 0 saturated carbocycles. The van der Waals surface area contributed by atoms with E-state index in [1.807, 2.05) is 30.3 Å². The van der Waals surface area contributed by atoms with E-state index < -0.39 is 0 Å². The van der Waals surface area contributed by atoms with Crippen molar-refractivity contribution in [3.63, 3.8) is 0 Å². The first-order valence-corrected chi connectivity index (χ1v) is 21.1. The van der Waals surface area contributed by atoms with Gasteiger partial charge in [0.1, 0.15) is 5.84 Å². The van der Waals surface area contributed by atoms with E-state index in [4.69, 9.17) is 10.7 Å². The fourth-order valence-electron chi connectivity index (χ4n) is 9.26. The molecule has 0 atom stereocenters. The highest BCUT2D eigenvalue weighted by Gasteiger charge is 2.36. The van der Waals surface area contributed by atoms with Crippen molar-refractivity contribution in [2.75, 3.05) is 0 Å². The first kappa shape index (κ1) is 37.7. The number of fused-ring (bicyclic) bond motifs is 4. The lowest BCUT2D eigenvalue weighted by atomic mass is 9.82. The average molecular weight is 783 g/mol. The van der Waals surface area contributed by atoms with Gasteiger partial charge in [-0.15, -0.1) is 0 Å². The molecule has 2 nitrogen and oxygen atoms in total. The molecule has 0 bridgehead atoms. The quantitative estimate of drug-likeness (QED) is 0.115. The van der Waals surface area contributed by atoms with Crippen LogP contribution in [-0.4, -0.2) is 5.84 Å². The monoisotopic (exact) mass is 782 g/mol. The number of nitrogens with two attached hydrogens (primary N) is 1. The largest absolute Gasteiger partial charge is 0.383 e. The van der Waals surface area contributed by atoms with Gasteiger partial charge in [0.25, 0.3) is 0 Å². The van der Waals surface area contributed by atoms with Crippen molar-refractivity contribution < 1.29 is 0 Å². The average Bonchev–Trinajstić information content (AvgIpc) is 3.56. The Morgan fingerprint density at radius 2 is 0.984 bits per heavy atom. The van der Waals surface area contributed by atoms with Gasteiger partial charge in [-0.25, -0.2) is 4.99 Å². The molecule has 0 radical (unpaired) electrons. The Hall–Kier alpha value is -7.55. The SMILES string of the molecule is CC1(C)c2ccccc2-c2c(-c3cccc(-c4ccc(/C(=C/Cc5cc(-c6ccccc6)cc(-c6ccccc6)c5)N=C(N)c5ccccc5)c5ccccc45)c3)cccc21. The summed E-state index contributed by atoms with van der Waals surface area (Å²) in [6, 6.07) is 76.1. The molecular formula is C59H46N2. The smallest absolute Gasteiger partial charge is 0.131 e. The van der Waals surface area contributed by atoms with Gasteiger partial charge >= 0.3 is 0 Å². The van der Waals surface area contributed by atoms with Crippen LogP contribution in [0.3, 0.4) is 0 Å². The standard InChI is InChI=1S/C59H46N2/c1-59(2)54-30-15-14-28-53(54)57-49(29-17-31-55(57)59)45-25-16-24-44(38-45)48-33-34-52(51-27-13-12-26-50(48)51)56(61-58(60)43-22-10-5-11-23-43)35-32-40-36-46(41-18-6-3-7-19-41)39-47(37-40)42-20-8-4-9-21-42/h3-31,33-39H,32H2,1-2H3,(H2,60,61)/b56-35-. The van der Waals surface area contributed by atoms with E-state index in [9.17, 15) is 0 Å². The molecule has 0 fully saturated rings. The minimum atomic E-state index is -0.0575. The van der Waals surface area contributed by atoms with Crippen LogP contribution in [0.25, 0.3) is 72.1 Å². The third-order valence-corrected chi connectivity index (χ3v) is 12.3. The summed E-state index contributed by atoms with van der Waals surface area (Å²) in [4.78, 5) is 5.22. The molecule has 1 aliphatic carbocycles. The van der Waals surface area contributed by atoms with Crippen LogP contribution < -0.4 is 5.73 Å². The number of rotatable bonds is 9. The number of amidine groups is 1. The van der Waals surface area contributed by atoms with Gasteiger partial charge in [0.2, 0.25) is 0 Å². The van der Waals surface area contributed by atoms with Gasteiger partial charge in [-0.05, 0) is 102 Å². The summed E-state index contributed by atoms with van der Waals surface area (Å²) in [6.07, 6.45) is 2.91. The second-order valence-electron chi connectivity index (χ2n) is 16.5. The molecule has 2 N–H and O–H groups in total. The van der Waals surface area contributed by atoms with Crippen molar-refractivity contribution in [3.05, 3.63) is 246 Å². The van der Waals surface area contributed by atoms with Crippen LogP contribution in [0.5, 0.6) is 0 Å². The summed E-state index contributed by atoms with van der Waals surface area (Å²) in [5.74, 6) is 0.482. The molecule has 9 aromatic carbocycles. The van der Waals surface area contributed by atoms with Gasteiger partial charge in [-0.2, -0.15) is 0 Å². The minimum absolute atomic E-state index is 0.0575. The molecular weight excluding hydrogens is 737 g/mol. The van der Waals surface area contributed by atoms with Crippen LogP contribution in [0.1, 0.15) is 41.7 Å². The molecule has 1 aliphatic rings. The van der Waals surface area contributed by atoms with E-state index in [1.165, 1.54) is 77.7 Å². The molecule has 2 heteroatoms. The summed E-state index contributed by atoms with van der Waals surface area (Å²) in [6.45, 7) is 4.69. The number of nitrogens with zero attached hydrogens (tertiary/aromatic N) is 1. The second-order valence-corrected chi connectivity index (χ2v) is 16.5. The summed E-state index contributed by atoms with van der Waals surface area (Å²) in [7, 11) is 0. The van der Waals surface area contributed by atoms with Gasteiger partial charge in [0.15, 0.2) is 0 Å². The zero-order valence-corrected chi connectivity index (χ0v) is 34.5. The number of hydrogen-bond acceptors (Lipinski definition) is 1. The van der Waals surface area contributed by atoms with Crippen molar-refractivity contribution in [1.29, 1.82) is 0 Å². The van der Waals surface area contributed by atoms with Gasteiger partial charge in [-0.3, -0.25) is 0 Å². The third-order valence-electron chi connectivity index (χ3n) is 12.3. The molecule has 292 valence electrons. The number of aliphatic imine (C=N–C) groups is 1. The van der Waals surface area contributed by atoms with Crippen LogP contribution >= 0.6 is 0 Å². The molecule has 0 spiro atoms. The first-order chi connectivity index (χ1) is 29.9. The van der Waals surface area contributed by atoms with E-state index in [0.29, 0.717) is 12.3 Å². The Balaban J connectivity index is 1.09. The van der Waals surface area contributed by atoms with Gasteiger partial charge in [-0.1, -0.05) is 220 Å². The van der Waals surface area contributed by atoms with Crippen LogP contribution in [0.4, 0.5) is 0 Å². The maximum Gasteiger partial charge on any atom is 0.131 e. The second kappa shape index (κ2) is 15.9. The van der Waals surface area contributed by atoms with Crippen LogP contribution in [0.2, 0.25) is 0 Å². The highest BCUT2D eigenvalue weighted by atomic mass is 14.9. The Morgan fingerprint density at radius 1 is 0.459 bits per heavy atom. The maximum atomic E-state index is 6.83. The highest BCUT2D eigenvalue weighted by Crippen LogP contribution is 2.52. The topological polar surface area (TPSA) is 38.4 Å². The zero-order valence-electron chi connectivity index (χ0n) is 34.5. The fraction of sp³-hybridized carbons (Fsp3) is 0.0678. The number of allylic oxidation sites excluding steroid dienone is 1. The van der Waals surface area contributed by atoms with Gasteiger partial charge in [0.05, 0.1) is 5.70 Å². The molecule has 0 aromatic heterocycles. The summed E-state index contributed by atoms with van der Waals surface area (Å²) >= 11 is 0. The summed E-state index contributed by atoms with van der Waals surface area (Å²) in [5.41, 5.74) is 25.7. The first-order valence-electron chi connectivity index (χ1n) is 21.1. The Morgan fingerprint density at radius 3 is 1.69 bits per heavy atom. The molecule has 61 heavy (non-hydrogen) atoms. The lowest BCUT2D eigenvalue weighted by Gasteiger charge is -2.21. The Bertz CT molecular complexity index is 3060. The molecule has 0 unspecified atom stereocenters. The van der Waals surface area contributed by atoms with E-state index in [1.54, 1.807) is 0 Å². The van der Waals surface area contributed by atoms with E-state index in [-0.39, 0.29) is 5.41 Å². The summed E-state index contributed by atoms with van der Waals surface area (Å²) < 4.78 is 0. The fourth-order valence-corrected chi connectivity index (χ4v) is 9.26. The predicted octanol–water partition coefficient (Wildman–Crippen LogP) is 14.8. The van der Waals surface area contributed by atoms with Crippen molar-refractivity contribution >= 4 is 22.3 Å². The molecule has 0 heterocycles. The van der Waals surface area contributed by atoms with Crippen molar-refractivity contribution in [2.45, 2.75) is 25.7 Å². The molecule has 9 aromatic rings. The van der Waals surface area contributed by atoms with Crippen LogP contribution in [-0.2, 0) is 11.8 Å². The van der Waals surface area contributed by atoms with Crippen molar-refractivity contribution in [3.8, 4) is 55.6 Å². The lowest BCUT2D eigenvalue weighted by molar-refractivity contribution is 0.660. The molecule has 0 saturated heterocycles. The molecule has 0 aliphatic heterocycles. The maximum absolute atomic E-state index is 6.83. The number of benzene rings is 9. The third kappa shape index (κ3) is 7.17. The van der Waals surface area contributed by atoms with Crippen LogP contribution in [0.15, 0.2) is 223 Å². The van der Waals surface area contributed by atoms with E-state index in [2.05, 4.69) is 202 Å². The van der Waals surface area contributed by atoms with Gasteiger partial charge < -0.3 is 5.73 Å². The molecule has 10 rings (SSSR count). The summed E-state index contributed by atoms with van der Waals surface area (Å²) in [5, 5.41) is 2.29. The lowest BCUT2D eigenvalue weighted by Crippen LogP contribution is -2.14. The zero-order chi connectivity index (χ0) is 41.3.